The van der Waals surface area contributed by atoms with Crippen molar-refractivity contribution < 1.29 is 4.39 Å². The van der Waals surface area contributed by atoms with E-state index >= 15 is 0 Å². The third-order valence-corrected chi connectivity index (χ3v) is 4.50. The molecule has 1 N–H and O–H groups in total. The number of aromatic nitrogens is 4. The fraction of sp³-hybridized carbons (Fsp3) is 0.0769. The van der Waals surface area contributed by atoms with Crippen LogP contribution in [0.4, 0.5) is 9.52 Å². The van der Waals surface area contributed by atoms with Crippen LogP contribution in [-0.2, 0) is 0 Å². The van der Waals surface area contributed by atoms with Crippen molar-refractivity contribution in [1.82, 2.24) is 20.2 Å². The van der Waals surface area contributed by atoms with E-state index in [9.17, 15) is 4.39 Å². The Morgan fingerprint density at radius 3 is 3.10 bits per heavy atom. The van der Waals surface area contributed by atoms with Gasteiger partial charge in [0.25, 0.3) is 0 Å². The van der Waals surface area contributed by atoms with Gasteiger partial charge in [0.15, 0.2) is 4.34 Å². The van der Waals surface area contributed by atoms with Crippen LogP contribution in [0.25, 0.3) is 10.9 Å². The summed E-state index contributed by atoms with van der Waals surface area (Å²) in [6.07, 6.45) is 3.20. The molecule has 21 heavy (non-hydrogen) atoms. The zero-order valence-corrected chi connectivity index (χ0v) is 12.4. The van der Waals surface area contributed by atoms with Gasteiger partial charge in [0.1, 0.15) is 17.2 Å². The summed E-state index contributed by atoms with van der Waals surface area (Å²) >= 11 is 2.75. The molecule has 0 bridgehead atoms. The minimum absolute atomic E-state index is 0.315. The first-order valence-electron chi connectivity index (χ1n) is 6.02. The lowest BCUT2D eigenvalue weighted by atomic mass is 10.2. The smallest absolute Gasteiger partial charge is 0.206 e. The van der Waals surface area contributed by atoms with E-state index in [0.717, 1.165) is 4.34 Å². The number of benzene rings is 1. The van der Waals surface area contributed by atoms with E-state index in [2.05, 4.69) is 32.1 Å². The Kier molecular flexibility index (Phi) is 4.07. The molecule has 1 aromatic carbocycles. The molecule has 0 aliphatic heterocycles. The maximum atomic E-state index is 13.4. The normalized spacial score (nSPS) is 10.7. The molecule has 0 amide bonds. The molecule has 106 valence electrons. The first-order chi connectivity index (χ1) is 10.3. The fourth-order valence-corrected chi connectivity index (χ4v) is 3.40. The molecule has 8 heteroatoms. The van der Waals surface area contributed by atoms with Crippen LogP contribution >= 0.6 is 23.1 Å². The van der Waals surface area contributed by atoms with Crippen molar-refractivity contribution in [3.05, 3.63) is 43.0 Å². The van der Waals surface area contributed by atoms with Crippen molar-refractivity contribution >= 4 is 39.1 Å². The van der Waals surface area contributed by atoms with Crippen LogP contribution < -0.4 is 5.32 Å². The van der Waals surface area contributed by atoms with Gasteiger partial charge in [0, 0.05) is 11.9 Å². The molecule has 0 spiro atoms. The van der Waals surface area contributed by atoms with E-state index < -0.39 is 0 Å². The number of hydrogen-bond donors (Lipinski definition) is 1. The Morgan fingerprint density at radius 2 is 2.24 bits per heavy atom. The summed E-state index contributed by atoms with van der Waals surface area (Å²) in [6.45, 7) is 4.25. The Labute approximate surface area is 128 Å². The number of fused-ring (bicyclic) bond motifs is 1. The molecule has 0 fully saturated rings. The standard InChI is InChI=1S/C13H10FN5S2/c1-2-5-15-12-18-19-13(21-12)20-11-9-6-8(14)3-4-10(9)16-7-17-11/h2-4,6-7H,1,5H2,(H,15,18). The van der Waals surface area contributed by atoms with Gasteiger partial charge in [-0.25, -0.2) is 14.4 Å². The van der Waals surface area contributed by atoms with Crippen molar-refractivity contribution in [2.24, 2.45) is 0 Å². The number of rotatable bonds is 5. The summed E-state index contributed by atoms with van der Waals surface area (Å²) in [5, 5.41) is 13.2. The van der Waals surface area contributed by atoms with Gasteiger partial charge in [-0.15, -0.1) is 16.8 Å². The Bertz CT molecular complexity index is 789. The van der Waals surface area contributed by atoms with E-state index in [1.165, 1.54) is 41.6 Å². The quantitative estimate of drug-likeness (QED) is 0.574. The summed E-state index contributed by atoms with van der Waals surface area (Å²) in [5.74, 6) is -0.315. The molecule has 5 nitrogen and oxygen atoms in total. The first-order valence-corrected chi connectivity index (χ1v) is 7.66. The molecule has 0 atom stereocenters. The molecule has 0 radical (unpaired) electrons. The number of anilines is 1. The van der Waals surface area contributed by atoms with Crippen molar-refractivity contribution in [2.75, 3.05) is 11.9 Å². The topological polar surface area (TPSA) is 63.6 Å². The maximum absolute atomic E-state index is 13.4. The summed E-state index contributed by atoms with van der Waals surface area (Å²) in [4.78, 5) is 8.33. The Balaban J connectivity index is 1.89. The molecular formula is C13H10FN5S2. The lowest BCUT2D eigenvalue weighted by molar-refractivity contribution is 0.629. The molecule has 0 saturated heterocycles. The summed E-state index contributed by atoms with van der Waals surface area (Å²) in [7, 11) is 0. The average Bonchev–Trinajstić information content (AvgIpc) is 2.93. The highest BCUT2D eigenvalue weighted by atomic mass is 32.2. The molecule has 3 rings (SSSR count). The van der Waals surface area contributed by atoms with Crippen molar-refractivity contribution in [3.63, 3.8) is 0 Å². The van der Waals surface area contributed by atoms with E-state index in [1.54, 1.807) is 12.1 Å². The lowest BCUT2D eigenvalue weighted by Crippen LogP contribution is -1.96. The molecule has 0 aliphatic rings. The largest absolute Gasteiger partial charge is 0.357 e. The summed E-state index contributed by atoms with van der Waals surface area (Å²) in [6, 6.07) is 4.44. The van der Waals surface area contributed by atoms with Crippen molar-refractivity contribution in [1.29, 1.82) is 0 Å². The predicted octanol–water partition coefficient (Wildman–Crippen LogP) is 3.37. The Morgan fingerprint density at radius 1 is 1.33 bits per heavy atom. The third-order valence-electron chi connectivity index (χ3n) is 2.55. The molecule has 2 aromatic heterocycles. The fourth-order valence-electron chi connectivity index (χ4n) is 1.65. The van der Waals surface area contributed by atoms with E-state index in [-0.39, 0.29) is 5.82 Å². The molecule has 0 saturated carbocycles. The zero-order chi connectivity index (χ0) is 14.7. The highest BCUT2D eigenvalue weighted by Gasteiger charge is 2.10. The average molecular weight is 319 g/mol. The van der Waals surface area contributed by atoms with Gasteiger partial charge in [0.05, 0.1) is 5.52 Å². The molecule has 3 aromatic rings. The van der Waals surface area contributed by atoms with Gasteiger partial charge >= 0.3 is 0 Å². The first kappa shape index (κ1) is 13.9. The van der Waals surface area contributed by atoms with Crippen molar-refractivity contribution in [3.8, 4) is 0 Å². The number of nitrogens with zero attached hydrogens (tertiary/aromatic N) is 4. The van der Waals surface area contributed by atoms with Crippen LogP contribution in [0.15, 0.2) is 46.5 Å². The SMILES string of the molecule is C=CCNc1nnc(Sc2ncnc3ccc(F)cc23)s1. The number of halogens is 1. The molecule has 0 aliphatic carbocycles. The lowest BCUT2D eigenvalue weighted by Gasteiger charge is -2.02. The van der Waals surface area contributed by atoms with Crippen molar-refractivity contribution in [2.45, 2.75) is 9.37 Å². The van der Waals surface area contributed by atoms with Gasteiger partial charge in [-0.2, -0.15) is 0 Å². The van der Waals surface area contributed by atoms with Gasteiger partial charge in [0.2, 0.25) is 5.13 Å². The van der Waals surface area contributed by atoms with Crippen LogP contribution in [0.2, 0.25) is 0 Å². The maximum Gasteiger partial charge on any atom is 0.206 e. The van der Waals surface area contributed by atoms with E-state index in [1.807, 2.05) is 0 Å². The second-order valence-electron chi connectivity index (χ2n) is 3.99. The van der Waals surface area contributed by atoms with Gasteiger partial charge in [-0.3, -0.25) is 0 Å². The zero-order valence-electron chi connectivity index (χ0n) is 10.8. The third kappa shape index (κ3) is 3.17. The Hall–Kier alpha value is -2.06. The second-order valence-corrected chi connectivity index (χ2v) is 6.20. The van der Waals surface area contributed by atoms with Gasteiger partial charge in [-0.05, 0) is 30.0 Å². The van der Waals surface area contributed by atoms with Crippen LogP contribution in [0.5, 0.6) is 0 Å². The highest BCUT2D eigenvalue weighted by molar-refractivity contribution is 8.01. The minimum Gasteiger partial charge on any atom is -0.357 e. The molecular weight excluding hydrogens is 309 g/mol. The minimum atomic E-state index is -0.315. The van der Waals surface area contributed by atoms with Gasteiger partial charge < -0.3 is 5.32 Å². The van der Waals surface area contributed by atoms with Crippen LogP contribution in [-0.4, -0.2) is 26.7 Å². The number of nitrogens with one attached hydrogen (secondary N) is 1. The predicted molar refractivity (Wildman–Crippen MR) is 82.2 cm³/mol. The number of hydrogen-bond acceptors (Lipinski definition) is 7. The van der Waals surface area contributed by atoms with Crippen LogP contribution in [0, 0.1) is 5.82 Å². The van der Waals surface area contributed by atoms with Gasteiger partial charge in [-0.1, -0.05) is 17.4 Å². The molecule has 2 heterocycles. The van der Waals surface area contributed by atoms with Crippen LogP contribution in [0.1, 0.15) is 0 Å². The summed E-state index contributed by atoms with van der Waals surface area (Å²) < 4.78 is 14.1. The summed E-state index contributed by atoms with van der Waals surface area (Å²) in [5.41, 5.74) is 0.698. The van der Waals surface area contributed by atoms with E-state index in [4.69, 9.17) is 0 Å². The second kappa shape index (κ2) is 6.15. The highest BCUT2D eigenvalue weighted by Crippen LogP contribution is 2.34. The monoisotopic (exact) mass is 319 g/mol. The van der Waals surface area contributed by atoms with Crippen LogP contribution in [0.3, 0.4) is 0 Å². The molecule has 0 unspecified atom stereocenters. The van der Waals surface area contributed by atoms with E-state index in [0.29, 0.717) is 27.6 Å².